The summed E-state index contributed by atoms with van der Waals surface area (Å²) in [6.07, 6.45) is 9.59. The number of nitrogens with two attached hydrogens (primary N) is 9. The quantitative estimate of drug-likeness (QED) is 0.0163. The van der Waals surface area contributed by atoms with Gasteiger partial charge in [-0.25, -0.2) is 0 Å². The lowest BCUT2D eigenvalue weighted by molar-refractivity contribution is -0.137. The van der Waals surface area contributed by atoms with Gasteiger partial charge in [-0.2, -0.15) is 0 Å². The van der Waals surface area contributed by atoms with Gasteiger partial charge in [-0.1, -0.05) is 60.3 Å². The lowest BCUT2D eigenvalue weighted by atomic mass is 10.1. The molecule has 31 nitrogen and oxygen atoms in total. The molecule has 0 fully saturated rings. The molecule has 0 aliphatic carbocycles. The molecule has 8 amide bonds. The van der Waals surface area contributed by atoms with E-state index in [4.69, 9.17) is 51.6 Å². The van der Waals surface area contributed by atoms with E-state index in [0.717, 1.165) is 19.3 Å². The first kappa shape index (κ1) is 81.8. The molecular weight excluding hydrogens is 1150 g/mol. The zero-order valence-electron chi connectivity index (χ0n) is 54.0. The van der Waals surface area contributed by atoms with Crippen molar-refractivity contribution in [3.63, 3.8) is 0 Å². The van der Waals surface area contributed by atoms with E-state index in [1.807, 2.05) is 6.92 Å². The van der Waals surface area contributed by atoms with Crippen LogP contribution in [0.3, 0.4) is 0 Å². The minimum absolute atomic E-state index is 0.00402. The zero-order chi connectivity index (χ0) is 67.1. The van der Waals surface area contributed by atoms with E-state index in [9.17, 15) is 47.9 Å². The molecule has 0 aliphatic heterocycles. The van der Waals surface area contributed by atoms with Gasteiger partial charge in [0.1, 0.15) is 0 Å². The van der Waals surface area contributed by atoms with Crippen LogP contribution in [0.1, 0.15) is 163 Å². The second-order valence-electron chi connectivity index (χ2n) is 22.2. The fourth-order valence-corrected chi connectivity index (χ4v) is 9.49. The van der Waals surface area contributed by atoms with E-state index in [0.29, 0.717) is 110 Å². The molecule has 510 valence electrons. The normalized spacial score (nSPS) is 12.6. The molecular formula is C58H113N21O10. The highest BCUT2D eigenvalue weighted by Gasteiger charge is 2.28. The summed E-state index contributed by atoms with van der Waals surface area (Å²) in [6.45, 7) is 8.09. The zero-order valence-corrected chi connectivity index (χ0v) is 54.0. The van der Waals surface area contributed by atoms with Gasteiger partial charge in [-0.3, -0.25) is 68.2 Å². The van der Waals surface area contributed by atoms with E-state index < -0.39 is 60.4 Å². The summed E-state index contributed by atoms with van der Waals surface area (Å²) in [4.78, 5) is 151. The number of hydrogen-bond acceptors (Lipinski definition) is 17. The average molecular weight is 1260 g/mol. The number of nitrogens with one attached hydrogen (secondary N) is 5. The van der Waals surface area contributed by atoms with Crippen molar-refractivity contribution in [2.24, 2.45) is 66.6 Å². The Morgan fingerprint density at radius 2 is 0.843 bits per heavy atom. The topological polar surface area (TPSA) is 515 Å². The molecule has 31 heteroatoms. The predicted molar refractivity (Wildman–Crippen MR) is 346 cm³/mol. The number of carbonyl (C=O) groups is 10. The van der Waals surface area contributed by atoms with E-state index in [1.165, 1.54) is 19.6 Å². The van der Waals surface area contributed by atoms with Crippen molar-refractivity contribution in [2.75, 3.05) is 98.2 Å². The lowest BCUT2D eigenvalue weighted by Crippen LogP contribution is -2.52. The first-order chi connectivity index (χ1) is 42.3. The third kappa shape index (κ3) is 40.8. The molecule has 0 bridgehead atoms. The number of nitrogens with zero attached hydrogens (tertiary/aromatic N) is 7. The highest BCUT2D eigenvalue weighted by Crippen LogP contribution is 2.12. The minimum atomic E-state index is -0.801. The maximum atomic E-state index is 13.8. The van der Waals surface area contributed by atoms with Gasteiger partial charge in [0, 0.05) is 96.2 Å². The number of rotatable bonds is 54. The van der Waals surface area contributed by atoms with Crippen LogP contribution in [0.15, 0.2) is 15.0 Å². The number of hydrogen-bond donors (Lipinski definition) is 14. The van der Waals surface area contributed by atoms with Crippen LogP contribution in [-0.2, 0) is 47.9 Å². The van der Waals surface area contributed by atoms with Crippen molar-refractivity contribution in [3.05, 3.63) is 0 Å². The first-order valence-electron chi connectivity index (χ1n) is 31.7. The third-order valence-electron chi connectivity index (χ3n) is 14.4. The van der Waals surface area contributed by atoms with Gasteiger partial charge in [0.15, 0.2) is 29.4 Å². The Labute approximate surface area is 527 Å². The second kappa shape index (κ2) is 49.6. The van der Waals surface area contributed by atoms with Crippen molar-refractivity contribution in [3.8, 4) is 0 Å². The van der Waals surface area contributed by atoms with Crippen LogP contribution in [-0.4, -0.2) is 225 Å². The number of primary amides is 1. The van der Waals surface area contributed by atoms with Crippen LogP contribution in [0.4, 0.5) is 0 Å². The lowest BCUT2D eigenvalue weighted by Gasteiger charge is -2.30. The van der Waals surface area contributed by atoms with Gasteiger partial charge in [-0.15, -0.1) is 0 Å². The number of guanidine groups is 3. The van der Waals surface area contributed by atoms with Crippen molar-refractivity contribution in [1.82, 2.24) is 46.2 Å². The van der Waals surface area contributed by atoms with E-state index in [-0.39, 0.29) is 144 Å². The molecule has 0 aromatic rings. The second-order valence-corrected chi connectivity index (χ2v) is 22.2. The Morgan fingerprint density at radius 1 is 0.438 bits per heavy atom. The van der Waals surface area contributed by atoms with Gasteiger partial charge in [0.05, 0.1) is 51.4 Å². The van der Waals surface area contributed by atoms with Gasteiger partial charge in [0.2, 0.25) is 47.3 Å². The Morgan fingerprint density at radius 3 is 1.29 bits per heavy atom. The number of carbonyl (C=O) groups excluding carboxylic acids is 10. The SMILES string of the molecule is CCCCC[C@H](NCC(=O)CN(C[C@H](CCCCN=C(N)N)NC(=O)CN(CCNC(=O)CN(C[C@H](CCCCN=C(N)N)NCC(=O)CN(C[C@H](CCCCN=C(N)N)NC(=O)[C@@H](N)CCCCN)C(=O)CC)C(=O)CC)C(=O)CC)C(=O)CC)C(N)=O. The van der Waals surface area contributed by atoms with Crippen LogP contribution >= 0.6 is 0 Å². The molecule has 0 radical (unpaired) electrons. The molecule has 0 aromatic carbocycles. The number of Topliss-reactive ketones (excluding diaryl/α,β-unsaturated/α-hetero) is 2. The highest BCUT2D eigenvalue weighted by molar-refractivity contribution is 5.90. The molecule has 0 saturated heterocycles. The fourth-order valence-electron chi connectivity index (χ4n) is 9.49. The standard InChI is InChI=1S/C58H113N21O10/c1-6-11-12-25-47(54(61)88)73-33-45(81)38-77(51(85)8-3)35-42(22-15-19-28-70-57(64)65)74-49(83)40-76(50(84)7-2)31-30-68-48(82)39-79(53(87)10-5)34-41(21-14-18-27-69-56(62)63)72-32-44(80)37-78(52(86)9-4)36-43(23-16-20-29-71-58(66)67)75-55(89)46(60)24-13-17-26-59/h41-43,46-47,72-73H,6-40,59-60H2,1-5H3,(H2,61,88)(H,68,82)(H,74,83)(H,75,89)(H4,62,63,69)(H4,64,65,70)(H4,66,67,71)/t41-,42-,43-,46-,47-/m0/s1. The molecule has 0 rings (SSSR count). The number of ketones is 2. The minimum Gasteiger partial charge on any atom is -0.370 e. The maximum Gasteiger partial charge on any atom is 0.239 e. The van der Waals surface area contributed by atoms with Crippen LogP contribution in [0.5, 0.6) is 0 Å². The van der Waals surface area contributed by atoms with Gasteiger partial charge in [-0.05, 0) is 83.6 Å². The Balaban J connectivity index is 6.36. The smallest absolute Gasteiger partial charge is 0.239 e. The van der Waals surface area contributed by atoms with E-state index in [2.05, 4.69) is 41.6 Å². The number of amides is 8. The number of aliphatic imine (C=N–C) groups is 3. The molecule has 0 heterocycles. The summed E-state index contributed by atoms with van der Waals surface area (Å²) in [5.74, 6) is -4.41. The summed E-state index contributed by atoms with van der Waals surface area (Å²) in [5.41, 5.74) is 50.5. The van der Waals surface area contributed by atoms with Gasteiger partial charge >= 0.3 is 0 Å². The van der Waals surface area contributed by atoms with Crippen LogP contribution in [0.2, 0.25) is 0 Å². The monoisotopic (exact) mass is 1260 g/mol. The molecule has 0 saturated carbocycles. The number of unbranched alkanes of at least 4 members (excludes halogenated alkanes) is 6. The summed E-state index contributed by atoms with van der Waals surface area (Å²) in [6, 6.07) is -3.28. The molecule has 0 spiro atoms. The van der Waals surface area contributed by atoms with Crippen molar-refractivity contribution < 1.29 is 47.9 Å². The molecule has 0 aliphatic rings. The van der Waals surface area contributed by atoms with E-state index >= 15 is 0 Å². The first-order valence-corrected chi connectivity index (χ1v) is 31.7. The molecule has 0 unspecified atom stereocenters. The highest BCUT2D eigenvalue weighted by atomic mass is 16.2. The third-order valence-corrected chi connectivity index (χ3v) is 14.4. The Hall–Kier alpha value is -7.25. The van der Waals surface area contributed by atoms with Gasteiger partial charge < -0.3 is 92.5 Å². The average Bonchev–Trinajstić information content (AvgIpc) is 3.64. The summed E-state index contributed by atoms with van der Waals surface area (Å²) >= 11 is 0. The molecule has 89 heavy (non-hydrogen) atoms. The maximum absolute atomic E-state index is 13.8. The van der Waals surface area contributed by atoms with Crippen molar-refractivity contribution in [1.29, 1.82) is 0 Å². The van der Waals surface area contributed by atoms with Crippen molar-refractivity contribution >= 4 is 76.7 Å². The van der Waals surface area contributed by atoms with Crippen LogP contribution in [0, 0.1) is 0 Å². The van der Waals surface area contributed by atoms with E-state index in [1.54, 1.807) is 27.7 Å². The fraction of sp³-hybridized carbons (Fsp3) is 0.776. The van der Waals surface area contributed by atoms with Gasteiger partial charge in [0.25, 0.3) is 0 Å². The molecule has 23 N–H and O–H groups in total. The summed E-state index contributed by atoms with van der Waals surface area (Å²) < 4.78 is 0. The van der Waals surface area contributed by atoms with Crippen LogP contribution in [0.25, 0.3) is 0 Å². The van der Waals surface area contributed by atoms with Crippen LogP contribution < -0.4 is 78.2 Å². The summed E-state index contributed by atoms with van der Waals surface area (Å²) in [7, 11) is 0. The molecule has 5 atom stereocenters. The predicted octanol–water partition coefficient (Wildman–Crippen LogP) is -3.07. The summed E-state index contributed by atoms with van der Waals surface area (Å²) in [5, 5.41) is 14.9. The largest absolute Gasteiger partial charge is 0.370 e. The Kier molecular flexibility index (Phi) is 45.6. The molecule has 0 aromatic heterocycles. The Bertz CT molecular complexity index is 2230. The van der Waals surface area contributed by atoms with Crippen molar-refractivity contribution in [2.45, 2.75) is 193 Å².